The molecule has 1 saturated heterocycles. The van der Waals surface area contributed by atoms with E-state index in [-0.39, 0.29) is 11.8 Å². The van der Waals surface area contributed by atoms with Crippen molar-refractivity contribution in [3.8, 4) is 11.5 Å². The van der Waals surface area contributed by atoms with Crippen molar-refractivity contribution in [2.45, 2.75) is 25.2 Å². The first kappa shape index (κ1) is 17.7. The van der Waals surface area contributed by atoms with E-state index < -0.39 is 0 Å². The van der Waals surface area contributed by atoms with E-state index in [4.69, 9.17) is 16.1 Å². The number of benzene rings is 1. The van der Waals surface area contributed by atoms with Crippen molar-refractivity contribution < 1.29 is 9.32 Å². The SMILES string of the molecule is O=C(Cc1ccccc1Cl)N1CCC(c2noc(-c3ccncc3)n2)CC1. The van der Waals surface area contributed by atoms with Gasteiger partial charge in [0, 0.05) is 42.0 Å². The standard InChI is InChI=1S/C20H19ClN4O2/c21-17-4-2-1-3-16(17)13-18(26)25-11-7-14(8-12-25)19-23-20(27-24-19)15-5-9-22-10-6-15/h1-6,9-10,14H,7-8,11-13H2. The maximum atomic E-state index is 12.6. The average molecular weight is 383 g/mol. The van der Waals surface area contributed by atoms with Crippen molar-refractivity contribution in [3.63, 3.8) is 0 Å². The molecule has 4 rings (SSSR count). The number of rotatable bonds is 4. The first-order chi connectivity index (χ1) is 13.2. The topological polar surface area (TPSA) is 72.1 Å². The Morgan fingerprint density at radius 3 is 2.63 bits per heavy atom. The third-order valence-electron chi connectivity index (χ3n) is 4.88. The summed E-state index contributed by atoms with van der Waals surface area (Å²) in [7, 11) is 0. The van der Waals surface area contributed by atoms with Gasteiger partial charge in [0.25, 0.3) is 5.89 Å². The van der Waals surface area contributed by atoms with Crippen LogP contribution in [0.2, 0.25) is 5.02 Å². The number of pyridine rings is 1. The van der Waals surface area contributed by atoms with Gasteiger partial charge in [0.15, 0.2) is 5.82 Å². The lowest BCUT2D eigenvalue weighted by molar-refractivity contribution is -0.131. The van der Waals surface area contributed by atoms with Crippen LogP contribution in [0.5, 0.6) is 0 Å². The lowest BCUT2D eigenvalue weighted by Gasteiger charge is -2.30. The zero-order valence-corrected chi connectivity index (χ0v) is 15.5. The monoisotopic (exact) mass is 382 g/mol. The predicted molar refractivity (Wildman–Crippen MR) is 101 cm³/mol. The van der Waals surface area contributed by atoms with Crippen LogP contribution < -0.4 is 0 Å². The normalized spacial score (nSPS) is 15.1. The molecule has 0 N–H and O–H groups in total. The molecular weight excluding hydrogens is 364 g/mol. The molecule has 7 heteroatoms. The van der Waals surface area contributed by atoms with Crippen molar-refractivity contribution in [1.82, 2.24) is 20.0 Å². The Morgan fingerprint density at radius 1 is 1.15 bits per heavy atom. The third-order valence-corrected chi connectivity index (χ3v) is 5.25. The Kier molecular flexibility index (Phi) is 5.16. The number of amides is 1. The predicted octanol–water partition coefficient (Wildman–Crippen LogP) is 3.73. The van der Waals surface area contributed by atoms with Crippen molar-refractivity contribution >= 4 is 17.5 Å². The largest absolute Gasteiger partial charge is 0.342 e. The summed E-state index contributed by atoms with van der Waals surface area (Å²) in [6.07, 6.45) is 5.37. The first-order valence-electron chi connectivity index (χ1n) is 8.96. The Labute approximate surface area is 162 Å². The summed E-state index contributed by atoms with van der Waals surface area (Å²) in [5, 5.41) is 4.77. The second-order valence-corrected chi connectivity index (χ2v) is 7.02. The highest BCUT2D eigenvalue weighted by atomic mass is 35.5. The molecule has 0 atom stereocenters. The minimum Gasteiger partial charge on any atom is -0.342 e. The smallest absolute Gasteiger partial charge is 0.258 e. The summed E-state index contributed by atoms with van der Waals surface area (Å²) < 4.78 is 5.39. The molecule has 0 aliphatic carbocycles. The summed E-state index contributed by atoms with van der Waals surface area (Å²) in [5.74, 6) is 1.52. The molecule has 138 valence electrons. The molecule has 6 nitrogen and oxygen atoms in total. The lowest BCUT2D eigenvalue weighted by Crippen LogP contribution is -2.39. The van der Waals surface area contributed by atoms with E-state index in [0.29, 0.717) is 36.2 Å². The van der Waals surface area contributed by atoms with Gasteiger partial charge in [0.05, 0.1) is 6.42 Å². The van der Waals surface area contributed by atoms with Crippen LogP contribution in [0, 0.1) is 0 Å². The number of nitrogens with zero attached hydrogens (tertiary/aromatic N) is 4. The first-order valence-corrected chi connectivity index (χ1v) is 9.33. The summed E-state index contributed by atoms with van der Waals surface area (Å²) in [6.45, 7) is 1.38. The zero-order valence-electron chi connectivity index (χ0n) is 14.7. The molecule has 1 fully saturated rings. The van der Waals surface area contributed by atoms with Crippen LogP contribution in [-0.2, 0) is 11.2 Å². The number of piperidine rings is 1. The lowest BCUT2D eigenvalue weighted by atomic mass is 9.95. The molecule has 27 heavy (non-hydrogen) atoms. The fourth-order valence-corrected chi connectivity index (χ4v) is 3.52. The fourth-order valence-electron chi connectivity index (χ4n) is 3.32. The number of hydrogen-bond donors (Lipinski definition) is 0. The zero-order chi connectivity index (χ0) is 18.6. The number of carbonyl (C=O) groups excluding carboxylic acids is 1. The van der Waals surface area contributed by atoms with E-state index in [1.54, 1.807) is 12.4 Å². The number of aromatic nitrogens is 3. The van der Waals surface area contributed by atoms with E-state index in [1.165, 1.54) is 0 Å². The van der Waals surface area contributed by atoms with Gasteiger partial charge in [-0.1, -0.05) is 35.0 Å². The van der Waals surface area contributed by atoms with Gasteiger partial charge in [-0.05, 0) is 36.6 Å². The molecule has 3 heterocycles. The Balaban J connectivity index is 1.36. The van der Waals surface area contributed by atoms with Gasteiger partial charge >= 0.3 is 0 Å². The van der Waals surface area contributed by atoms with Crippen LogP contribution >= 0.6 is 11.6 Å². The molecule has 0 unspecified atom stereocenters. The fraction of sp³-hybridized carbons (Fsp3) is 0.300. The average Bonchev–Trinajstić information content (AvgIpc) is 3.21. The number of hydrogen-bond acceptors (Lipinski definition) is 5. The highest BCUT2D eigenvalue weighted by Crippen LogP contribution is 2.28. The molecule has 1 aliphatic heterocycles. The van der Waals surface area contributed by atoms with Gasteiger partial charge in [-0.2, -0.15) is 4.98 Å². The van der Waals surface area contributed by atoms with Crippen LogP contribution in [-0.4, -0.2) is 39.0 Å². The number of likely N-dealkylation sites (tertiary alicyclic amines) is 1. The van der Waals surface area contributed by atoms with E-state index in [0.717, 1.165) is 24.0 Å². The van der Waals surface area contributed by atoms with Crippen molar-refractivity contribution in [2.24, 2.45) is 0 Å². The second kappa shape index (κ2) is 7.88. The van der Waals surface area contributed by atoms with E-state index >= 15 is 0 Å². The molecule has 2 aromatic heterocycles. The maximum Gasteiger partial charge on any atom is 0.258 e. The molecule has 3 aromatic rings. The van der Waals surface area contributed by atoms with Gasteiger partial charge in [0.1, 0.15) is 0 Å². The molecule has 0 saturated carbocycles. The molecule has 0 radical (unpaired) electrons. The van der Waals surface area contributed by atoms with Gasteiger partial charge in [-0.25, -0.2) is 0 Å². The highest BCUT2D eigenvalue weighted by Gasteiger charge is 2.27. The van der Waals surface area contributed by atoms with Crippen molar-refractivity contribution in [2.75, 3.05) is 13.1 Å². The second-order valence-electron chi connectivity index (χ2n) is 6.62. The van der Waals surface area contributed by atoms with Crippen LogP contribution in [0.25, 0.3) is 11.5 Å². The molecule has 0 bridgehead atoms. The summed E-state index contributed by atoms with van der Waals surface area (Å²) in [4.78, 5) is 23.0. The molecular formula is C20H19ClN4O2. The summed E-state index contributed by atoms with van der Waals surface area (Å²) >= 11 is 6.16. The summed E-state index contributed by atoms with van der Waals surface area (Å²) in [5.41, 5.74) is 1.72. The van der Waals surface area contributed by atoms with Gasteiger partial charge in [0.2, 0.25) is 5.91 Å². The minimum absolute atomic E-state index is 0.104. The Hall–Kier alpha value is -2.73. The third kappa shape index (κ3) is 4.01. The highest BCUT2D eigenvalue weighted by molar-refractivity contribution is 6.31. The molecule has 1 aliphatic rings. The number of carbonyl (C=O) groups is 1. The van der Waals surface area contributed by atoms with Gasteiger partial charge in [-0.15, -0.1) is 0 Å². The van der Waals surface area contributed by atoms with Crippen molar-refractivity contribution in [3.05, 3.63) is 65.2 Å². The Bertz CT molecular complexity index is 920. The maximum absolute atomic E-state index is 12.6. The Morgan fingerprint density at radius 2 is 1.89 bits per heavy atom. The quantitative estimate of drug-likeness (QED) is 0.687. The minimum atomic E-state index is 0.104. The molecule has 0 spiro atoms. The van der Waals surface area contributed by atoms with Gasteiger partial charge in [-0.3, -0.25) is 9.78 Å². The number of halogens is 1. The van der Waals surface area contributed by atoms with E-state index in [2.05, 4.69) is 15.1 Å². The van der Waals surface area contributed by atoms with Gasteiger partial charge < -0.3 is 9.42 Å². The van der Waals surface area contributed by atoms with Crippen LogP contribution in [0.4, 0.5) is 0 Å². The summed E-state index contributed by atoms with van der Waals surface area (Å²) in [6, 6.07) is 11.2. The van der Waals surface area contributed by atoms with Crippen LogP contribution in [0.15, 0.2) is 53.3 Å². The van der Waals surface area contributed by atoms with E-state index in [1.807, 2.05) is 41.3 Å². The van der Waals surface area contributed by atoms with Crippen LogP contribution in [0.3, 0.4) is 0 Å². The van der Waals surface area contributed by atoms with Crippen LogP contribution in [0.1, 0.15) is 30.1 Å². The van der Waals surface area contributed by atoms with Crippen molar-refractivity contribution in [1.29, 1.82) is 0 Å². The molecule has 1 aromatic carbocycles. The molecule has 1 amide bonds. The van der Waals surface area contributed by atoms with E-state index in [9.17, 15) is 4.79 Å².